The van der Waals surface area contributed by atoms with Crippen LogP contribution in [-0.4, -0.2) is 22.9 Å². The number of thiazole rings is 1. The smallest absolute Gasteiger partial charge is 0.231 e. The van der Waals surface area contributed by atoms with Crippen molar-refractivity contribution < 1.29 is 9.84 Å². The molecule has 6 heteroatoms. The summed E-state index contributed by atoms with van der Waals surface area (Å²) in [6, 6.07) is 15.6. The Morgan fingerprint density at radius 2 is 1.96 bits per heavy atom. The predicted octanol–water partition coefficient (Wildman–Crippen LogP) is 5.25. The molecule has 0 saturated carbocycles. The zero-order valence-electron chi connectivity index (χ0n) is 14.1. The molecule has 26 heavy (non-hydrogen) atoms. The van der Waals surface area contributed by atoms with E-state index in [0.29, 0.717) is 16.6 Å². The van der Waals surface area contributed by atoms with Crippen LogP contribution < -0.4 is 10.1 Å². The van der Waals surface area contributed by atoms with Crippen LogP contribution in [-0.2, 0) is 0 Å². The Hall–Kier alpha value is -3.12. The van der Waals surface area contributed by atoms with Gasteiger partial charge in [0, 0.05) is 23.0 Å². The van der Waals surface area contributed by atoms with E-state index in [0.717, 1.165) is 28.3 Å². The number of ether oxygens (including phenoxy) is 1. The summed E-state index contributed by atoms with van der Waals surface area (Å²) < 4.78 is 5.44. The number of anilines is 2. The lowest BCUT2D eigenvalue weighted by Gasteiger charge is -2.05. The van der Waals surface area contributed by atoms with Gasteiger partial charge in [-0.05, 0) is 43.3 Å². The fourth-order valence-corrected chi connectivity index (χ4v) is 3.52. The van der Waals surface area contributed by atoms with Crippen LogP contribution in [0.25, 0.3) is 11.6 Å². The lowest BCUT2D eigenvalue weighted by atomic mass is 10.1. The van der Waals surface area contributed by atoms with Gasteiger partial charge in [-0.25, -0.2) is 0 Å². The molecule has 0 saturated heterocycles. The molecule has 0 unspecified atom stereocenters. The number of hydrogen-bond acceptors (Lipinski definition) is 6. The number of hydrogen-bond donors (Lipinski definition) is 2. The molecule has 0 spiro atoms. The molecule has 1 aromatic heterocycles. The van der Waals surface area contributed by atoms with Crippen LogP contribution in [0, 0.1) is 0 Å². The lowest BCUT2D eigenvalue weighted by molar-refractivity contribution is 0.340. The highest BCUT2D eigenvalue weighted by molar-refractivity contribution is 7.16. The molecule has 5 nitrogen and oxygen atoms in total. The Balaban J connectivity index is 1.55. The molecule has 2 aromatic carbocycles. The fraction of sp³-hybridized carbons (Fsp3) is 0.100. The van der Waals surface area contributed by atoms with E-state index in [1.165, 1.54) is 11.3 Å². The third-order valence-corrected chi connectivity index (χ3v) is 4.80. The van der Waals surface area contributed by atoms with Crippen LogP contribution in [0.1, 0.15) is 17.4 Å². The Bertz CT molecular complexity index is 991. The number of aliphatic imine (C=N–C) groups is 1. The summed E-state index contributed by atoms with van der Waals surface area (Å²) in [5, 5.41) is 14.0. The van der Waals surface area contributed by atoms with Gasteiger partial charge >= 0.3 is 0 Å². The van der Waals surface area contributed by atoms with Crippen molar-refractivity contribution in [3.63, 3.8) is 0 Å². The number of allylic oxidation sites excluding steroid dienone is 1. The van der Waals surface area contributed by atoms with E-state index < -0.39 is 0 Å². The van der Waals surface area contributed by atoms with Gasteiger partial charge < -0.3 is 15.2 Å². The van der Waals surface area contributed by atoms with E-state index in [2.05, 4.69) is 15.3 Å². The summed E-state index contributed by atoms with van der Waals surface area (Å²) in [5.41, 5.74) is 3.85. The van der Waals surface area contributed by atoms with Crippen LogP contribution in [0.4, 0.5) is 16.5 Å². The van der Waals surface area contributed by atoms with Crippen LogP contribution >= 0.6 is 11.3 Å². The minimum absolute atomic E-state index is 0.00807. The number of nitrogens with zero attached hydrogens (tertiary/aromatic N) is 2. The van der Waals surface area contributed by atoms with Crippen molar-refractivity contribution in [3.05, 3.63) is 59.0 Å². The first-order valence-electron chi connectivity index (χ1n) is 8.28. The van der Waals surface area contributed by atoms with Crippen molar-refractivity contribution in [2.45, 2.75) is 6.92 Å². The number of nitrogens with one attached hydrogen (secondary N) is 1. The van der Waals surface area contributed by atoms with E-state index in [1.807, 2.05) is 67.7 Å². The maximum atomic E-state index is 10.2. The van der Waals surface area contributed by atoms with E-state index >= 15 is 0 Å². The summed E-state index contributed by atoms with van der Waals surface area (Å²) >= 11 is 1.39. The van der Waals surface area contributed by atoms with Gasteiger partial charge in [-0.15, -0.1) is 0 Å². The molecule has 0 radical (unpaired) electrons. The Morgan fingerprint density at radius 1 is 1.15 bits per heavy atom. The zero-order valence-corrected chi connectivity index (χ0v) is 15.0. The predicted molar refractivity (Wildman–Crippen MR) is 107 cm³/mol. The third kappa shape index (κ3) is 3.32. The molecule has 1 aliphatic rings. The van der Waals surface area contributed by atoms with Crippen molar-refractivity contribution in [1.82, 2.24) is 4.98 Å². The normalized spacial score (nSPS) is 13.8. The molecule has 0 aliphatic carbocycles. The summed E-state index contributed by atoms with van der Waals surface area (Å²) in [7, 11) is 0. The first kappa shape index (κ1) is 16.4. The fourth-order valence-electron chi connectivity index (χ4n) is 2.69. The minimum Gasteiger partial charge on any atom is -0.494 e. The van der Waals surface area contributed by atoms with Crippen molar-refractivity contribution in [3.8, 4) is 11.6 Å². The van der Waals surface area contributed by atoms with E-state index in [4.69, 9.17) is 4.74 Å². The number of benzene rings is 2. The monoisotopic (exact) mass is 363 g/mol. The van der Waals surface area contributed by atoms with Crippen LogP contribution in [0.3, 0.4) is 0 Å². The quantitative estimate of drug-likeness (QED) is 0.650. The lowest BCUT2D eigenvalue weighted by Crippen LogP contribution is -1.92. The van der Waals surface area contributed by atoms with E-state index in [1.54, 1.807) is 0 Å². The van der Waals surface area contributed by atoms with E-state index in [-0.39, 0.29) is 5.88 Å². The Kier molecular flexibility index (Phi) is 4.41. The Morgan fingerprint density at radius 3 is 2.77 bits per heavy atom. The number of aromatic nitrogens is 1. The van der Waals surface area contributed by atoms with Crippen molar-refractivity contribution in [2.24, 2.45) is 4.99 Å². The van der Waals surface area contributed by atoms with Gasteiger partial charge in [-0.3, -0.25) is 4.99 Å². The van der Waals surface area contributed by atoms with Gasteiger partial charge in [0.25, 0.3) is 0 Å². The molecule has 1 aliphatic heterocycles. The zero-order chi connectivity index (χ0) is 17.9. The van der Waals surface area contributed by atoms with Crippen molar-refractivity contribution >= 4 is 45.7 Å². The number of aromatic hydroxyl groups is 1. The molecule has 0 amide bonds. The van der Waals surface area contributed by atoms with Crippen molar-refractivity contribution in [2.75, 3.05) is 11.9 Å². The van der Waals surface area contributed by atoms with Crippen LogP contribution in [0.15, 0.2) is 53.5 Å². The van der Waals surface area contributed by atoms with Gasteiger partial charge in [0.15, 0.2) is 5.13 Å². The third-order valence-electron chi connectivity index (χ3n) is 3.90. The van der Waals surface area contributed by atoms with Gasteiger partial charge in [-0.1, -0.05) is 29.5 Å². The van der Waals surface area contributed by atoms with Crippen LogP contribution in [0.5, 0.6) is 11.6 Å². The van der Waals surface area contributed by atoms with Gasteiger partial charge in [-0.2, -0.15) is 4.98 Å². The second-order valence-electron chi connectivity index (χ2n) is 5.66. The molecule has 4 rings (SSSR count). The maximum Gasteiger partial charge on any atom is 0.231 e. The number of fused-ring (bicyclic) bond motifs is 1. The second kappa shape index (κ2) is 7.01. The number of rotatable bonds is 5. The largest absolute Gasteiger partial charge is 0.494 e. The standard InChI is InChI=1S/C20H17N3O2S/c1-2-25-15-9-7-14(8-10-15)22-20-23-19(24)18(26-20)11-13-12-21-17-6-4-3-5-16(13)17/h3-12,24H,2H2,1H3,(H,22,23)/b13-11+. The topological polar surface area (TPSA) is 66.7 Å². The first-order valence-corrected chi connectivity index (χ1v) is 9.09. The van der Waals surface area contributed by atoms with Gasteiger partial charge in [0.05, 0.1) is 17.2 Å². The average molecular weight is 363 g/mol. The SMILES string of the molecule is CCOc1ccc(Nc2nc(O)c(/C=C3\C=Nc4ccccc43)s2)cc1. The molecular weight excluding hydrogens is 346 g/mol. The van der Waals surface area contributed by atoms with Crippen LogP contribution in [0.2, 0.25) is 0 Å². The van der Waals surface area contributed by atoms with Crippen molar-refractivity contribution in [1.29, 1.82) is 0 Å². The number of para-hydroxylation sites is 1. The highest BCUT2D eigenvalue weighted by Gasteiger charge is 2.14. The Labute approximate surface area is 155 Å². The minimum atomic E-state index is 0.00807. The second-order valence-corrected chi connectivity index (χ2v) is 6.69. The highest BCUT2D eigenvalue weighted by Crippen LogP contribution is 2.37. The molecule has 0 bridgehead atoms. The molecular formula is C20H17N3O2S. The summed E-state index contributed by atoms with van der Waals surface area (Å²) in [5.74, 6) is 0.832. The summed E-state index contributed by atoms with van der Waals surface area (Å²) in [6.07, 6.45) is 3.72. The molecule has 130 valence electrons. The highest BCUT2D eigenvalue weighted by atomic mass is 32.1. The van der Waals surface area contributed by atoms with E-state index in [9.17, 15) is 5.11 Å². The molecule has 2 heterocycles. The van der Waals surface area contributed by atoms with Gasteiger partial charge in [0.2, 0.25) is 5.88 Å². The molecule has 2 N–H and O–H groups in total. The molecule has 3 aromatic rings. The summed E-state index contributed by atoms with van der Waals surface area (Å²) in [4.78, 5) is 9.28. The maximum absolute atomic E-state index is 10.2. The first-order chi connectivity index (χ1) is 12.7. The molecule has 0 fully saturated rings. The summed E-state index contributed by atoms with van der Waals surface area (Å²) in [6.45, 7) is 2.59. The van der Waals surface area contributed by atoms with Gasteiger partial charge in [0.1, 0.15) is 5.75 Å². The average Bonchev–Trinajstić information content (AvgIpc) is 3.21. The molecule has 0 atom stereocenters.